The van der Waals surface area contributed by atoms with Gasteiger partial charge in [0, 0.05) is 35.9 Å². The van der Waals surface area contributed by atoms with Crippen LogP contribution in [0.4, 0.5) is 4.79 Å². The van der Waals surface area contributed by atoms with Crippen molar-refractivity contribution in [2.45, 2.75) is 88.6 Å². The lowest BCUT2D eigenvalue weighted by Gasteiger charge is -2.29. The van der Waals surface area contributed by atoms with Crippen molar-refractivity contribution in [1.29, 1.82) is 0 Å². The van der Waals surface area contributed by atoms with E-state index in [-0.39, 0.29) is 44.9 Å². The number of halogens is 1. The molecule has 5 rings (SSSR count). The SMILES string of the molecule is CCC[C@H](NC(=O)[C@@H]1C[C@]2(CC(c3cccc(Cl)c3)=NO2)CN1C(=O)[C@H](Cc1ccccc1)NC(=O)OCC)C(=O)C(=O)NC1CC1. The number of likely N-dealkylation sites (tertiary alicyclic amines) is 1. The largest absolute Gasteiger partial charge is 0.450 e. The van der Waals surface area contributed by atoms with Crippen LogP contribution in [0, 0.1) is 0 Å². The molecule has 2 heterocycles. The van der Waals surface area contributed by atoms with Crippen molar-refractivity contribution in [2.75, 3.05) is 13.2 Å². The number of hydrogen-bond acceptors (Lipinski definition) is 8. The minimum atomic E-state index is -1.09. The Balaban J connectivity index is 1.41. The van der Waals surface area contributed by atoms with Gasteiger partial charge in [-0.05, 0) is 43.9 Å². The van der Waals surface area contributed by atoms with Gasteiger partial charge in [0.25, 0.3) is 5.91 Å². The number of rotatable bonds is 13. The van der Waals surface area contributed by atoms with E-state index in [1.807, 2.05) is 43.3 Å². The monoisotopic (exact) mass is 665 g/mol. The number of ether oxygens (including phenoxy) is 1. The average Bonchev–Trinajstić information content (AvgIpc) is 3.65. The highest BCUT2D eigenvalue weighted by molar-refractivity contribution is 6.38. The van der Waals surface area contributed by atoms with Crippen molar-refractivity contribution < 1.29 is 33.5 Å². The molecule has 1 saturated carbocycles. The molecule has 2 aromatic rings. The Labute approximate surface area is 278 Å². The summed E-state index contributed by atoms with van der Waals surface area (Å²) < 4.78 is 5.09. The second kappa shape index (κ2) is 15.0. The molecule has 0 radical (unpaired) electrons. The van der Waals surface area contributed by atoms with Gasteiger partial charge in [-0.3, -0.25) is 19.2 Å². The molecule has 1 spiro atoms. The molecular formula is C34H40ClN5O7. The molecule has 0 unspecified atom stereocenters. The van der Waals surface area contributed by atoms with Gasteiger partial charge in [0.15, 0.2) is 5.60 Å². The maximum Gasteiger partial charge on any atom is 0.407 e. The number of oxime groups is 1. The number of hydrogen-bond donors (Lipinski definition) is 3. The van der Waals surface area contributed by atoms with Crippen LogP contribution in [0.1, 0.15) is 63.5 Å². The van der Waals surface area contributed by atoms with Crippen LogP contribution >= 0.6 is 11.6 Å². The molecule has 3 N–H and O–H groups in total. The van der Waals surface area contributed by atoms with Gasteiger partial charge in [0.1, 0.15) is 12.1 Å². The Morgan fingerprint density at radius 1 is 1.04 bits per heavy atom. The second-order valence-electron chi connectivity index (χ2n) is 12.3. The van der Waals surface area contributed by atoms with E-state index in [0.717, 1.165) is 24.0 Å². The number of amides is 4. The van der Waals surface area contributed by atoms with Crippen molar-refractivity contribution in [3.8, 4) is 0 Å². The first-order valence-corrected chi connectivity index (χ1v) is 16.4. The van der Waals surface area contributed by atoms with E-state index in [0.29, 0.717) is 17.2 Å². The Bertz CT molecular complexity index is 1530. The molecule has 12 nitrogen and oxygen atoms in total. The van der Waals surface area contributed by atoms with Crippen LogP contribution in [-0.2, 0) is 35.2 Å². The van der Waals surface area contributed by atoms with Gasteiger partial charge in [-0.25, -0.2) is 4.79 Å². The van der Waals surface area contributed by atoms with Crippen LogP contribution in [0.3, 0.4) is 0 Å². The van der Waals surface area contributed by atoms with Crippen LogP contribution in [0.5, 0.6) is 0 Å². The number of carbonyl (C=O) groups is 5. The van der Waals surface area contributed by atoms with Crippen LogP contribution in [0.25, 0.3) is 0 Å². The summed E-state index contributed by atoms with van der Waals surface area (Å²) in [6, 6.07) is 13.1. The predicted molar refractivity (Wildman–Crippen MR) is 174 cm³/mol. The van der Waals surface area contributed by atoms with Gasteiger partial charge in [0.05, 0.1) is 24.9 Å². The van der Waals surface area contributed by atoms with E-state index in [9.17, 15) is 24.0 Å². The molecule has 2 fully saturated rings. The van der Waals surface area contributed by atoms with E-state index in [4.69, 9.17) is 21.2 Å². The van der Waals surface area contributed by atoms with Crippen LogP contribution in [-0.4, -0.2) is 83.1 Å². The van der Waals surface area contributed by atoms with E-state index < -0.39 is 53.3 Å². The highest BCUT2D eigenvalue weighted by Crippen LogP contribution is 2.39. The highest BCUT2D eigenvalue weighted by atomic mass is 35.5. The summed E-state index contributed by atoms with van der Waals surface area (Å²) in [6.45, 7) is 3.60. The molecular weight excluding hydrogens is 626 g/mol. The summed E-state index contributed by atoms with van der Waals surface area (Å²) in [5, 5.41) is 13.0. The maximum absolute atomic E-state index is 14.4. The first kappa shape index (κ1) is 33.9. The Morgan fingerprint density at radius 3 is 2.49 bits per heavy atom. The molecule has 4 atom stereocenters. The summed E-state index contributed by atoms with van der Waals surface area (Å²) in [7, 11) is 0. The molecule has 1 aliphatic carbocycles. The summed E-state index contributed by atoms with van der Waals surface area (Å²) in [4.78, 5) is 74.1. The molecule has 47 heavy (non-hydrogen) atoms. The van der Waals surface area contributed by atoms with E-state index in [2.05, 4.69) is 21.1 Å². The normalized spacial score (nSPS) is 21.3. The number of nitrogens with one attached hydrogen (secondary N) is 3. The van der Waals surface area contributed by atoms with Crippen molar-refractivity contribution in [3.05, 3.63) is 70.7 Å². The van der Waals surface area contributed by atoms with Crippen molar-refractivity contribution in [2.24, 2.45) is 5.16 Å². The van der Waals surface area contributed by atoms with E-state index in [1.165, 1.54) is 4.90 Å². The summed E-state index contributed by atoms with van der Waals surface area (Å²) >= 11 is 6.22. The first-order valence-electron chi connectivity index (χ1n) is 16.0. The Hall–Kier alpha value is -4.45. The minimum Gasteiger partial charge on any atom is -0.450 e. The number of benzene rings is 2. The topological polar surface area (TPSA) is 156 Å². The lowest BCUT2D eigenvalue weighted by Crippen LogP contribution is -2.56. The zero-order chi connectivity index (χ0) is 33.6. The smallest absolute Gasteiger partial charge is 0.407 e. The highest BCUT2D eigenvalue weighted by Gasteiger charge is 2.55. The number of Topliss-reactive ketones (excluding diaryl/α,β-unsaturated/α-hetero) is 1. The third-order valence-electron chi connectivity index (χ3n) is 8.48. The number of carbonyl (C=O) groups excluding carboxylic acids is 5. The predicted octanol–water partition coefficient (Wildman–Crippen LogP) is 3.29. The van der Waals surface area contributed by atoms with Crippen LogP contribution in [0.2, 0.25) is 5.02 Å². The molecule has 2 aromatic carbocycles. The summed E-state index contributed by atoms with van der Waals surface area (Å²) in [5.74, 6) is -2.59. The minimum absolute atomic E-state index is 0.0121. The number of nitrogens with zero attached hydrogens (tertiary/aromatic N) is 2. The molecule has 2 aliphatic heterocycles. The fourth-order valence-electron chi connectivity index (χ4n) is 5.98. The standard InChI is InChI=1S/C34H40ClN5O7/c1-3-9-25(29(41)31(43)36-24-14-15-24)37-30(42)28-19-34(18-27(39-47-34)22-12-8-13-23(35)17-22)20-40(28)32(44)26(38-33(45)46-4-2)16-21-10-6-5-7-11-21/h5-8,10-13,17,24-26,28H,3-4,9,14-16,18-20H2,1-2H3,(H,36,43)(H,37,42)(H,38,45)/t25-,26-,28-,34+/m0/s1. The quantitative estimate of drug-likeness (QED) is 0.277. The Kier molecular flexibility index (Phi) is 10.8. The zero-order valence-corrected chi connectivity index (χ0v) is 27.3. The molecule has 4 amide bonds. The van der Waals surface area contributed by atoms with Crippen molar-refractivity contribution in [1.82, 2.24) is 20.9 Å². The third kappa shape index (κ3) is 8.48. The fraction of sp³-hybridized carbons (Fsp3) is 0.471. The lowest BCUT2D eigenvalue weighted by atomic mass is 9.91. The summed E-state index contributed by atoms with van der Waals surface area (Å²) in [6.07, 6.45) is 2.13. The van der Waals surface area contributed by atoms with E-state index >= 15 is 0 Å². The first-order chi connectivity index (χ1) is 22.6. The number of alkyl carbamates (subject to hydrolysis) is 1. The maximum atomic E-state index is 14.4. The van der Waals surface area contributed by atoms with Crippen LogP contribution < -0.4 is 16.0 Å². The van der Waals surface area contributed by atoms with Gasteiger partial charge < -0.3 is 30.4 Å². The van der Waals surface area contributed by atoms with Crippen molar-refractivity contribution >= 4 is 46.9 Å². The lowest BCUT2D eigenvalue weighted by molar-refractivity contribution is -0.143. The average molecular weight is 666 g/mol. The van der Waals surface area contributed by atoms with Gasteiger partial charge in [-0.2, -0.15) is 0 Å². The zero-order valence-electron chi connectivity index (χ0n) is 26.5. The van der Waals surface area contributed by atoms with Gasteiger partial charge in [0.2, 0.25) is 17.6 Å². The summed E-state index contributed by atoms with van der Waals surface area (Å²) in [5.41, 5.74) is 1.10. The molecule has 0 aromatic heterocycles. The fourth-order valence-corrected chi connectivity index (χ4v) is 6.18. The van der Waals surface area contributed by atoms with Gasteiger partial charge >= 0.3 is 6.09 Å². The van der Waals surface area contributed by atoms with Crippen molar-refractivity contribution in [3.63, 3.8) is 0 Å². The van der Waals surface area contributed by atoms with Gasteiger partial charge in [-0.1, -0.05) is 72.6 Å². The molecule has 0 bridgehead atoms. The molecule has 3 aliphatic rings. The van der Waals surface area contributed by atoms with Crippen LogP contribution in [0.15, 0.2) is 59.8 Å². The van der Waals surface area contributed by atoms with E-state index in [1.54, 1.807) is 25.1 Å². The molecule has 13 heteroatoms. The molecule has 250 valence electrons. The second-order valence-corrected chi connectivity index (χ2v) is 12.7. The number of ketones is 1. The third-order valence-corrected chi connectivity index (χ3v) is 8.71. The molecule has 1 saturated heterocycles. The Morgan fingerprint density at radius 2 is 1.81 bits per heavy atom. The van der Waals surface area contributed by atoms with Gasteiger partial charge in [-0.15, -0.1) is 0 Å².